The summed E-state index contributed by atoms with van der Waals surface area (Å²) in [5.41, 5.74) is 5.72. The molecule has 1 heterocycles. The van der Waals surface area contributed by atoms with Gasteiger partial charge in [0.05, 0.1) is 11.1 Å². The van der Waals surface area contributed by atoms with E-state index in [0.29, 0.717) is 16.2 Å². The molecule has 4 nitrogen and oxygen atoms in total. The van der Waals surface area contributed by atoms with Gasteiger partial charge in [-0.3, -0.25) is 4.79 Å². The monoisotopic (exact) mass is 366 g/mol. The van der Waals surface area contributed by atoms with Gasteiger partial charge in [0.1, 0.15) is 12.4 Å². The first-order chi connectivity index (χ1) is 12.0. The zero-order valence-corrected chi connectivity index (χ0v) is 15.1. The highest BCUT2D eigenvalue weighted by Crippen LogP contribution is 2.43. The number of halogens is 2. The van der Waals surface area contributed by atoms with E-state index in [-0.39, 0.29) is 17.1 Å². The van der Waals surface area contributed by atoms with E-state index in [4.69, 9.17) is 22.1 Å². The van der Waals surface area contributed by atoms with Gasteiger partial charge >= 0.3 is 0 Å². The predicted octanol–water partition coefficient (Wildman–Crippen LogP) is 4.20. The SMILES string of the molecule is CC[C@]1(C(N)CF)CC[C@H](Oc2cc3cc[nH]c(=O)c3cc2Cl)CC1. The molecule has 1 saturated carbocycles. The van der Waals surface area contributed by atoms with Gasteiger partial charge in [0.2, 0.25) is 0 Å². The van der Waals surface area contributed by atoms with Crippen molar-refractivity contribution < 1.29 is 9.13 Å². The fraction of sp³-hybridized carbons (Fsp3) is 0.526. The Morgan fingerprint density at radius 1 is 1.44 bits per heavy atom. The number of pyridine rings is 1. The summed E-state index contributed by atoms with van der Waals surface area (Å²) in [4.78, 5) is 14.5. The summed E-state index contributed by atoms with van der Waals surface area (Å²) in [6, 6.07) is 4.86. The zero-order valence-electron chi connectivity index (χ0n) is 14.4. The van der Waals surface area contributed by atoms with Gasteiger partial charge in [0.15, 0.2) is 0 Å². The second kappa shape index (κ2) is 7.34. The van der Waals surface area contributed by atoms with Crippen molar-refractivity contribution >= 4 is 22.4 Å². The number of rotatable bonds is 5. The van der Waals surface area contributed by atoms with E-state index in [2.05, 4.69) is 11.9 Å². The number of H-pyrrole nitrogens is 1. The minimum Gasteiger partial charge on any atom is -0.489 e. The fourth-order valence-electron chi connectivity index (χ4n) is 3.89. The van der Waals surface area contributed by atoms with Crippen molar-refractivity contribution in [3.63, 3.8) is 0 Å². The van der Waals surface area contributed by atoms with E-state index in [1.807, 2.05) is 12.1 Å². The molecule has 1 atom stereocenters. The van der Waals surface area contributed by atoms with Crippen LogP contribution in [0.25, 0.3) is 10.8 Å². The van der Waals surface area contributed by atoms with Gasteiger partial charge in [0, 0.05) is 17.6 Å². The normalized spacial score (nSPS) is 25.0. The number of ether oxygens (including phenoxy) is 1. The van der Waals surface area contributed by atoms with E-state index in [0.717, 1.165) is 37.5 Å². The molecule has 1 fully saturated rings. The molecule has 6 heteroatoms. The summed E-state index contributed by atoms with van der Waals surface area (Å²) in [5.74, 6) is 0.587. The molecular formula is C19H24ClFN2O2. The van der Waals surface area contributed by atoms with Crippen LogP contribution in [0, 0.1) is 5.41 Å². The van der Waals surface area contributed by atoms with Gasteiger partial charge in [0.25, 0.3) is 5.56 Å². The maximum atomic E-state index is 13.1. The minimum atomic E-state index is -0.482. The molecule has 0 bridgehead atoms. The summed E-state index contributed by atoms with van der Waals surface area (Å²) in [5, 5.41) is 1.76. The van der Waals surface area contributed by atoms with Gasteiger partial charge in [-0.05, 0) is 61.1 Å². The first-order valence-electron chi connectivity index (χ1n) is 8.78. The van der Waals surface area contributed by atoms with Crippen LogP contribution in [0.3, 0.4) is 0 Å². The highest BCUT2D eigenvalue weighted by atomic mass is 35.5. The highest BCUT2D eigenvalue weighted by Gasteiger charge is 2.39. The predicted molar refractivity (Wildman–Crippen MR) is 99.1 cm³/mol. The molecule has 3 N–H and O–H groups in total. The van der Waals surface area contributed by atoms with Crippen molar-refractivity contribution in [3.05, 3.63) is 39.8 Å². The highest BCUT2D eigenvalue weighted by molar-refractivity contribution is 6.32. The molecule has 1 aromatic carbocycles. The van der Waals surface area contributed by atoms with Crippen molar-refractivity contribution in [2.45, 2.75) is 51.2 Å². The van der Waals surface area contributed by atoms with Crippen LogP contribution in [0.15, 0.2) is 29.2 Å². The second-order valence-corrected chi connectivity index (χ2v) is 7.38. The topological polar surface area (TPSA) is 68.1 Å². The molecule has 25 heavy (non-hydrogen) atoms. The molecule has 0 saturated heterocycles. The molecule has 0 spiro atoms. The van der Waals surface area contributed by atoms with Crippen LogP contribution < -0.4 is 16.0 Å². The first kappa shape index (κ1) is 18.2. The van der Waals surface area contributed by atoms with Gasteiger partial charge < -0.3 is 15.5 Å². The molecule has 1 aromatic heterocycles. The van der Waals surface area contributed by atoms with E-state index >= 15 is 0 Å². The van der Waals surface area contributed by atoms with Crippen LogP contribution in [0.2, 0.25) is 5.02 Å². The van der Waals surface area contributed by atoms with E-state index in [1.54, 1.807) is 12.3 Å². The lowest BCUT2D eigenvalue weighted by molar-refractivity contribution is 0.0513. The van der Waals surface area contributed by atoms with Crippen LogP contribution >= 0.6 is 11.6 Å². The number of nitrogens with two attached hydrogens (primary N) is 1. The molecule has 0 amide bonds. The standard InChI is InChI=1S/C19H24ClFN2O2/c1-2-19(17(22)11-21)6-3-13(4-7-19)25-16-9-12-5-8-23-18(24)14(12)10-15(16)20/h5,8-10,13,17H,2-4,6-7,11,22H2,1H3,(H,23,24)/t13-,17?,19-. The molecule has 0 radical (unpaired) electrons. The van der Waals surface area contributed by atoms with Crippen molar-refractivity contribution in [2.75, 3.05) is 6.67 Å². The molecule has 1 unspecified atom stereocenters. The van der Waals surface area contributed by atoms with E-state index < -0.39 is 12.7 Å². The molecule has 1 aliphatic carbocycles. The number of nitrogens with one attached hydrogen (secondary N) is 1. The smallest absolute Gasteiger partial charge is 0.255 e. The third-order valence-electron chi connectivity index (χ3n) is 5.70. The summed E-state index contributed by atoms with van der Waals surface area (Å²) in [6.45, 7) is 1.60. The van der Waals surface area contributed by atoms with Crippen molar-refractivity contribution in [3.8, 4) is 5.75 Å². The molecular weight excluding hydrogens is 343 g/mol. The van der Waals surface area contributed by atoms with E-state index in [9.17, 15) is 9.18 Å². The Hall–Kier alpha value is -1.59. The van der Waals surface area contributed by atoms with Crippen LogP contribution in [0.4, 0.5) is 4.39 Å². The molecule has 136 valence electrons. The quantitative estimate of drug-likeness (QED) is 0.833. The fourth-order valence-corrected chi connectivity index (χ4v) is 4.10. The van der Waals surface area contributed by atoms with Gasteiger partial charge in [-0.15, -0.1) is 0 Å². The number of fused-ring (bicyclic) bond motifs is 1. The maximum Gasteiger partial charge on any atom is 0.255 e. The lowest BCUT2D eigenvalue weighted by atomic mass is 9.67. The number of benzene rings is 1. The Labute approximate surface area is 151 Å². The van der Waals surface area contributed by atoms with E-state index in [1.165, 1.54) is 0 Å². The Kier molecular flexibility index (Phi) is 5.35. The number of aromatic amines is 1. The lowest BCUT2D eigenvalue weighted by Crippen LogP contribution is -2.46. The molecule has 1 aliphatic rings. The molecule has 0 aliphatic heterocycles. The Morgan fingerprint density at radius 3 is 2.80 bits per heavy atom. The summed E-state index contributed by atoms with van der Waals surface area (Å²) in [6.07, 6.45) is 5.87. The van der Waals surface area contributed by atoms with Crippen LogP contribution in [0.1, 0.15) is 39.0 Å². The van der Waals surface area contributed by atoms with Gasteiger partial charge in [-0.25, -0.2) is 4.39 Å². The number of hydrogen-bond acceptors (Lipinski definition) is 3. The van der Waals surface area contributed by atoms with Crippen LogP contribution in [-0.2, 0) is 0 Å². The molecule has 3 rings (SSSR count). The summed E-state index contributed by atoms with van der Waals surface area (Å²) < 4.78 is 19.2. The second-order valence-electron chi connectivity index (χ2n) is 6.97. The van der Waals surface area contributed by atoms with Crippen molar-refractivity contribution in [2.24, 2.45) is 11.1 Å². The average Bonchev–Trinajstić information content (AvgIpc) is 2.63. The third kappa shape index (κ3) is 3.53. The number of aromatic nitrogens is 1. The Bertz CT molecular complexity index is 800. The lowest BCUT2D eigenvalue weighted by Gasteiger charge is -2.42. The largest absolute Gasteiger partial charge is 0.489 e. The average molecular weight is 367 g/mol. The minimum absolute atomic E-state index is 0.0310. The number of hydrogen-bond donors (Lipinski definition) is 2. The Morgan fingerprint density at radius 2 is 2.16 bits per heavy atom. The first-order valence-corrected chi connectivity index (χ1v) is 9.16. The molecule has 2 aromatic rings. The summed E-state index contributed by atoms with van der Waals surface area (Å²) in [7, 11) is 0. The van der Waals surface area contributed by atoms with Crippen molar-refractivity contribution in [1.29, 1.82) is 0 Å². The van der Waals surface area contributed by atoms with Gasteiger partial charge in [-0.1, -0.05) is 18.5 Å². The zero-order chi connectivity index (χ0) is 18.0. The van der Waals surface area contributed by atoms with Crippen molar-refractivity contribution in [1.82, 2.24) is 4.98 Å². The van der Waals surface area contributed by atoms with Crippen LogP contribution in [0.5, 0.6) is 5.75 Å². The van der Waals surface area contributed by atoms with Crippen LogP contribution in [-0.4, -0.2) is 23.8 Å². The number of alkyl halides is 1. The Balaban J connectivity index is 1.75. The maximum absolute atomic E-state index is 13.1. The summed E-state index contributed by atoms with van der Waals surface area (Å²) >= 11 is 6.30. The third-order valence-corrected chi connectivity index (χ3v) is 6.00. The van der Waals surface area contributed by atoms with Gasteiger partial charge in [-0.2, -0.15) is 0 Å².